The van der Waals surface area contributed by atoms with Crippen LogP contribution in [0.25, 0.3) is 0 Å². The van der Waals surface area contributed by atoms with Gasteiger partial charge in [-0.3, -0.25) is 14.5 Å². The normalized spacial score (nSPS) is 21.2. The molecule has 0 spiro atoms. The lowest BCUT2D eigenvalue weighted by Crippen LogP contribution is -2.64. The summed E-state index contributed by atoms with van der Waals surface area (Å²) in [5, 5.41) is 12.5. The van der Waals surface area contributed by atoms with E-state index in [2.05, 4.69) is 15.2 Å². The van der Waals surface area contributed by atoms with E-state index >= 15 is 4.39 Å². The second-order valence-corrected chi connectivity index (χ2v) is 12.6. The van der Waals surface area contributed by atoms with E-state index in [1.54, 1.807) is 28.0 Å². The minimum Gasteiger partial charge on any atom is -0.374 e. The van der Waals surface area contributed by atoms with Crippen molar-refractivity contribution >= 4 is 29.0 Å². The summed E-state index contributed by atoms with van der Waals surface area (Å²) in [6.07, 6.45) is -1.60. The third-order valence-corrected chi connectivity index (χ3v) is 8.85. The number of ether oxygens (including phenoxy) is 1. The fraction of sp³-hybridized carbons (Fsp3) is 0.515. The van der Waals surface area contributed by atoms with Crippen molar-refractivity contribution < 1.29 is 31.9 Å². The average molecular weight is 673 g/mol. The molecule has 2 aromatic rings. The highest BCUT2D eigenvalue weighted by Gasteiger charge is 2.39. The number of morpholine rings is 1. The lowest BCUT2D eigenvalue weighted by atomic mass is 10.0. The van der Waals surface area contributed by atoms with Crippen LogP contribution in [0, 0.1) is 24.1 Å². The predicted octanol–water partition coefficient (Wildman–Crippen LogP) is 3.10. The molecule has 11 nitrogen and oxygen atoms in total. The highest BCUT2D eigenvalue weighted by molar-refractivity contribution is 6.01. The molecule has 4 heterocycles. The Balaban J connectivity index is 1.32. The number of carbonyl (C=O) groups is 2. The maximum absolute atomic E-state index is 15.5. The van der Waals surface area contributed by atoms with E-state index in [1.807, 2.05) is 25.1 Å². The number of hydrogen-bond donors (Lipinski definition) is 1. The summed E-state index contributed by atoms with van der Waals surface area (Å²) in [7, 11) is 5.34. The van der Waals surface area contributed by atoms with Gasteiger partial charge in [0.2, 0.25) is 11.8 Å². The third kappa shape index (κ3) is 7.72. The number of carbonyl (C=O) groups excluding carboxylic acids is 2. The Morgan fingerprint density at radius 2 is 1.98 bits per heavy atom. The van der Waals surface area contributed by atoms with Crippen LogP contribution in [0.1, 0.15) is 23.2 Å². The summed E-state index contributed by atoms with van der Waals surface area (Å²) in [6.45, 7) is 5.41. The SMILES string of the molecule is Cc1cc(C(F)(F)F)c(C#N)c(N[C@H]2CCN(C[C@H]3CN(C4CN(C(=O)/C=C/CN(C)C)C4)CCO3)c3c(F)cccc3N(C)C2=O)n1. The number of hydrogen-bond acceptors (Lipinski definition) is 9. The van der Waals surface area contributed by atoms with Crippen LogP contribution in [-0.4, -0.2) is 123 Å². The van der Waals surface area contributed by atoms with Gasteiger partial charge in [-0.1, -0.05) is 12.1 Å². The quantitative estimate of drug-likeness (QED) is 0.335. The smallest absolute Gasteiger partial charge is 0.374 e. The van der Waals surface area contributed by atoms with Gasteiger partial charge in [-0.05, 0) is 45.6 Å². The van der Waals surface area contributed by atoms with Crippen molar-refractivity contribution in [3.63, 3.8) is 0 Å². The molecule has 2 atom stereocenters. The lowest BCUT2D eigenvalue weighted by Gasteiger charge is -2.48. The van der Waals surface area contributed by atoms with Gasteiger partial charge in [0.05, 0.1) is 29.6 Å². The Hall–Kier alpha value is -4.26. The van der Waals surface area contributed by atoms with Gasteiger partial charge in [0.1, 0.15) is 29.3 Å². The van der Waals surface area contributed by atoms with Gasteiger partial charge < -0.3 is 29.7 Å². The molecule has 0 unspecified atom stereocenters. The van der Waals surface area contributed by atoms with Crippen LogP contribution < -0.4 is 15.1 Å². The second kappa shape index (κ2) is 14.5. The van der Waals surface area contributed by atoms with Crippen LogP contribution in [0.5, 0.6) is 0 Å². The van der Waals surface area contributed by atoms with E-state index in [9.17, 15) is 28.0 Å². The van der Waals surface area contributed by atoms with Gasteiger partial charge in [0.15, 0.2) is 0 Å². The fourth-order valence-electron chi connectivity index (χ4n) is 6.32. The van der Waals surface area contributed by atoms with Gasteiger partial charge in [0.25, 0.3) is 0 Å². The molecular formula is C33H40F4N8O3. The molecule has 0 aliphatic carbocycles. The standard InChI is InChI=1S/C33H40F4N8O3/c1-21-15-25(33(35,36)37)24(16-38)31(39-21)40-27-10-12-44(30-26(34)7-5-8-28(30)42(4)32(27)47)20-23-19-43(13-14-48-23)22-17-45(18-22)29(46)9-6-11-41(2)3/h5-9,15,22-23,27H,10-14,17-20H2,1-4H3,(H,39,40)/b9-6+/t23-,27+/m1/s1. The molecule has 1 aromatic heterocycles. The minimum atomic E-state index is -4.80. The van der Waals surface area contributed by atoms with Crippen LogP contribution in [0.4, 0.5) is 34.8 Å². The summed E-state index contributed by atoms with van der Waals surface area (Å²) in [5.74, 6) is -1.40. The second-order valence-electron chi connectivity index (χ2n) is 12.6. The largest absolute Gasteiger partial charge is 0.417 e. The zero-order valence-corrected chi connectivity index (χ0v) is 27.4. The fourth-order valence-corrected chi connectivity index (χ4v) is 6.32. The van der Waals surface area contributed by atoms with Crippen molar-refractivity contribution in [1.29, 1.82) is 5.26 Å². The molecule has 3 aliphatic heterocycles. The van der Waals surface area contributed by atoms with Gasteiger partial charge in [-0.15, -0.1) is 0 Å². The van der Waals surface area contributed by atoms with E-state index in [0.717, 1.165) is 6.07 Å². The number of para-hydroxylation sites is 1. The number of halogens is 4. The highest BCUT2D eigenvalue weighted by atomic mass is 19.4. The first-order valence-electron chi connectivity index (χ1n) is 15.8. The zero-order valence-electron chi connectivity index (χ0n) is 27.4. The number of aromatic nitrogens is 1. The number of likely N-dealkylation sites (tertiary alicyclic amines) is 1. The number of aryl methyl sites for hydroxylation is 1. The molecule has 2 amide bonds. The maximum atomic E-state index is 15.5. The van der Waals surface area contributed by atoms with E-state index in [0.29, 0.717) is 45.0 Å². The molecule has 48 heavy (non-hydrogen) atoms. The number of amides is 2. The lowest BCUT2D eigenvalue weighted by molar-refractivity contribution is -0.138. The molecule has 0 radical (unpaired) electrons. The first-order chi connectivity index (χ1) is 22.8. The highest BCUT2D eigenvalue weighted by Crippen LogP contribution is 2.37. The molecule has 2 saturated heterocycles. The third-order valence-electron chi connectivity index (χ3n) is 8.85. The van der Waals surface area contributed by atoms with E-state index in [-0.39, 0.29) is 54.8 Å². The van der Waals surface area contributed by atoms with Gasteiger partial charge in [-0.25, -0.2) is 9.37 Å². The van der Waals surface area contributed by atoms with Gasteiger partial charge in [0, 0.05) is 70.7 Å². The number of anilines is 3. The number of likely N-dealkylation sites (N-methyl/N-ethyl adjacent to an activating group) is 2. The van der Waals surface area contributed by atoms with Crippen molar-refractivity contribution in [3.8, 4) is 6.07 Å². The van der Waals surface area contributed by atoms with Crippen molar-refractivity contribution in [3.05, 3.63) is 59.1 Å². The van der Waals surface area contributed by atoms with Crippen LogP contribution in [0.3, 0.4) is 0 Å². The number of nitrogens with one attached hydrogen (secondary N) is 1. The van der Waals surface area contributed by atoms with Crippen molar-refractivity contribution in [2.24, 2.45) is 0 Å². The maximum Gasteiger partial charge on any atom is 0.417 e. The number of nitriles is 1. The number of pyridine rings is 1. The Bertz CT molecular complexity index is 1590. The number of alkyl halides is 3. The molecular weight excluding hydrogens is 632 g/mol. The molecule has 3 aliphatic rings. The Kier molecular flexibility index (Phi) is 10.6. The number of nitrogens with zero attached hydrogens (tertiary/aromatic N) is 7. The molecule has 1 N–H and O–H groups in total. The van der Waals surface area contributed by atoms with Crippen LogP contribution >= 0.6 is 0 Å². The van der Waals surface area contributed by atoms with Crippen LogP contribution in [0.2, 0.25) is 0 Å². The molecule has 0 saturated carbocycles. The summed E-state index contributed by atoms with van der Waals surface area (Å²) in [5.41, 5.74) is -1.29. The average Bonchev–Trinajstić information content (AvgIpc) is 3.00. The number of fused-ring (bicyclic) bond motifs is 1. The molecule has 258 valence electrons. The molecule has 0 bridgehead atoms. The number of rotatable bonds is 8. The Labute approximate surface area is 277 Å². The number of benzene rings is 1. The van der Waals surface area contributed by atoms with E-state index in [1.165, 1.54) is 31.0 Å². The summed E-state index contributed by atoms with van der Waals surface area (Å²) < 4.78 is 62.9. The topological polar surface area (TPSA) is 108 Å². The molecule has 2 fully saturated rings. The van der Waals surface area contributed by atoms with Crippen LogP contribution in [0.15, 0.2) is 36.4 Å². The Morgan fingerprint density at radius 1 is 1.23 bits per heavy atom. The van der Waals surface area contributed by atoms with Crippen molar-refractivity contribution in [2.75, 3.05) is 88.7 Å². The van der Waals surface area contributed by atoms with Crippen molar-refractivity contribution in [2.45, 2.75) is 37.7 Å². The molecule has 15 heteroatoms. The van der Waals surface area contributed by atoms with Gasteiger partial charge >= 0.3 is 6.18 Å². The van der Waals surface area contributed by atoms with Crippen LogP contribution in [-0.2, 0) is 20.5 Å². The predicted molar refractivity (Wildman–Crippen MR) is 172 cm³/mol. The van der Waals surface area contributed by atoms with Gasteiger partial charge in [-0.2, -0.15) is 18.4 Å². The van der Waals surface area contributed by atoms with E-state index < -0.39 is 35.1 Å². The minimum absolute atomic E-state index is 0.0233. The molecule has 1 aromatic carbocycles. The zero-order chi connectivity index (χ0) is 34.7. The summed E-state index contributed by atoms with van der Waals surface area (Å²) in [6, 6.07) is 5.92. The summed E-state index contributed by atoms with van der Waals surface area (Å²) >= 11 is 0. The van der Waals surface area contributed by atoms with E-state index in [4.69, 9.17) is 4.74 Å². The van der Waals surface area contributed by atoms with Crippen molar-refractivity contribution in [1.82, 2.24) is 19.7 Å². The first kappa shape index (κ1) is 35.1. The first-order valence-corrected chi connectivity index (χ1v) is 15.8. The summed E-state index contributed by atoms with van der Waals surface area (Å²) in [4.78, 5) is 39.5. The molecule has 5 rings (SSSR count). The monoisotopic (exact) mass is 672 g/mol. The Morgan fingerprint density at radius 3 is 2.67 bits per heavy atom.